The van der Waals surface area contributed by atoms with Crippen LogP contribution in [0.3, 0.4) is 0 Å². The van der Waals surface area contributed by atoms with Crippen molar-refractivity contribution in [2.24, 2.45) is 0 Å². The summed E-state index contributed by atoms with van der Waals surface area (Å²) < 4.78 is 0. The molecule has 18 heteroatoms. The fourth-order valence-electron chi connectivity index (χ4n) is 9.43. The van der Waals surface area contributed by atoms with Crippen molar-refractivity contribution in [3.63, 3.8) is 0 Å². The van der Waals surface area contributed by atoms with Crippen molar-refractivity contribution in [1.82, 2.24) is 74.4 Å². The molecule has 8 bridgehead atoms. The van der Waals surface area contributed by atoms with Crippen LogP contribution < -0.4 is 133 Å². The van der Waals surface area contributed by atoms with Gasteiger partial charge in [0.2, 0.25) is 0 Å². The molecule has 9 aliphatic rings. The van der Waals surface area contributed by atoms with Crippen molar-refractivity contribution in [2.75, 3.05) is 52.4 Å². The normalized spacial score (nSPS) is 54.9. The van der Waals surface area contributed by atoms with Gasteiger partial charge in [0, 0.05) is 52.4 Å². The van der Waals surface area contributed by atoms with E-state index in [-0.39, 0.29) is 97.3 Å². The Morgan fingerprint density at radius 2 is 0.500 bits per heavy atom. The molecule has 9 rings (SSSR count). The maximum absolute atomic E-state index is 4.07. The Morgan fingerprint density at radius 3 is 0.738 bits per heavy atom. The van der Waals surface area contributed by atoms with E-state index in [1.807, 2.05) is 0 Å². The topological polar surface area (TPSA) is 202 Å². The van der Waals surface area contributed by atoms with Crippen LogP contribution in [0.25, 0.3) is 0 Å². The third-order valence-corrected chi connectivity index (χ3v) is 11.1. The van der Waals surface area contributed by atoms with Gasteiger partial charge < -0.3 is 101 Å². The molecule has 0 aromatic carbocycles. The second-order valence-electron chi connectivity index (χ2n) is 13.2. The smallest absolute Gasteiger partial charge is 0.159 e. The highest BCUT2D eigenvalue weighted by Crippen LogP contribution is 2.21. The molecule has 16 atom stereocenters. The lowest BCUT2D eigenvalue weighted by Crippen LogP contribution is -3.00. The number of halogens is 2. The highest BCUT2D eigenvalue weighted by molar-refractivity contribution is 5.12. The molecule has 18 N–H and O–H groups in total. The second-order valence-corrected chi connectivity index (χ2v) is 13.2. The first-order valence-electron chi connectivity index (χ1n) is 15.9. The van der Waals surface area contributed by atoms with Crippen LogP contribution in [0.1, 0.15) is 0 Å². The zero-order valence-corrected chi connectivity index (χ0v) is 28.1. The molecule has 0 spiro atoms. The van der Waals surface area contributed by atoms with Crippen molar-refractivity contribution in [1.29, 1.82) is 0 Å². The van der Waals surface area contributed by atoms with Gasteiger partial charge in [-0.05, 0) is 0 Å². The van der Waals surface area contributed by atoms with Gasteiger partial charge in [0.05, 0.1) is 73.0 Å². The Labute approximate surface area is 281 Å². The van der Waals surface area contributed by atoms with Gasteiger partial charge >= 0.3 is 0 Å². The molecular weight excluding hydrogens is 766 g/mol. The lowest BCUT2D eigenvalue weighted by Gasteiger charge is -2.35. The summed E-state index contributed by atoms with van der Waals surface area (Å²) >= 11 is 0. The quantitative estimate of drug-likeness (QED) is 0.103. The summed E-state index contributed by atoms with van der Waals surface area (Å²) in [7, 11) is 0. The average molecular weight is 817 g/mol. The summed E-state index contributed by atoms with van der Waals surface area (Å²) in [6, 6.07) is 2.64. The predicted octanol–water partition coefficient (Wildman–Crippen LogP) is -16.9. The molecule has 240 valence electrons. The summed E-state index contributed by atoms with van der Waals surface area (Å²) in [5.74, 6) is 0. The Kier molecular flexibility index (Phi) is 9.83. The van der Waals surface area contributed by atoms with Crippen LogP contribution in [-0.4, -0.2) is 150 Å². The minimum Gasteiger partial charge on any atom is -1.00 e. The number of piperazine rings is 4. The summed E-state index contributed by atoms with van der Waals surface area (Å²) in [5, 5.41) is 60.0. The lowest BCUT2D eigenvalue weighted by atomic mass is 10.0. The molecule has 9 heterocycles. The van der Waals surface area contributed by atoms with E-state index >= 15 is 0 Å². The number of nitrogens with one attached hydrogen (secondary N) is 14. The van der Waals surface area contributed by atoms with Gasteiger partial charge in [0.25, 0.3) is 0 Å². The van der Waals surface area contributed by atoms with Gasteiger partial charge in [0.1, 0.15) is 0 Å². The maximum Gasteiger partial charge on any atom is 0.159 e. The number of hydrogen-bond donors (Lipinski definition) is 16. The Morgan fingerprint density at radius 1 is 0.286 bits per heavy atom. The molecule has 16 nitrogen and oxygen atoms in total. The highest BCUT2D eigenvalue weighted by Gasteiger charge is 2.57. The molecule has 0 saturated carbocycles. The molecular formula is C24H50I2N16. The van der Waals surface area contributed by atoms with Crippen LogP contribution >= 0.6 is 0 Å². The lowest BCUT2D eigenvalue weighted by molar-refractivity contribution is -0.714. The van der Waals surface area contributed by atoms with Crippen molar-refractivity contribution in [3.05, 3.63) is 0 Å². The van der Waals surface area contributed by atoms with Crippen molar-refractivity contribution < 1.29 is 58.6 Å². The summed E-state index contributed by atoms with van der Waals surface area (Å²) in [4.78, 5) is 0. The number of fused-ring (bicyclic) bond motifs is 20. The molecule has 0 radical (unpaired) electrons. The monoisotopic (exact) mass is 816 g/mol. The number of hydrogen-bond acceptors (Lipinski definition) is 14. The van der Waals surface area contributed by atoms with E-state index < -0.39 is 0 Å². The van der Waals surface area contributed by atoms with Gasteiger partial charge in [0.15, 0.2) is 24.7 Å². The molecule has 0 aromatic heterocycles. The van der Waals surface area contributed by atoms with Crippen molar-refractivity contribution in [3.8, 4) is 0 Å². The Hall–Kier alpha value is 0.820. The first kappa shape index (κ1) is 31.4. The summed E-state index contributed by atoms with van der Waals surface area (Å²) in [6.45, 7) is 7.98. The fourth-order valence-corrected chi connectivity index (χ4v) is 9.43. The van der Waals surface area contributed by atoms with Gasteiger partial charge in [-0.3, -0.25) is 10.6 Å². The highest BCUT2D eigenvalue weighted by atomic mass is 127. The van der Waals surface area contributed by atoms with E-state index in [0.717, 1.165) is 52.4 Å². The van der Waals surface area contributed by atoms with Crippen LogP contribution in [0.5, 0.6) is 0 Å². The number of quaternary nitrogens is 2. The van der Waals surface area contributed by atoms with E-state index in [1.165, 1.54) is 0 Å². The maximum atomic E-state index is 4.07. The van der Waals surface area contributed by atoms with E-state index in [1.54, 1.807) is 0 Å². The Bertz CT molecular complexity index is 731. The molecule has 0 aliphatic carbocycles. The van der Waals surface area contributed by atoms with E-state index in [2.05, 4.69) is 85.1 Å². The first-order chi connectivity index (χ1) is 19.8. The molecule has 9 fully saturated rings. The van der Waals surface area contributed by atoms with E-state index in [0.29, 0.717) is 48.3 Å². The summed E-state index contributed by atoms with van der Waals surface area (Å²) in [5.41, 5.74) is 0. The molecule has 9 aliphatic heterocycles. The molecule has 42 heavy (non-hydrogen) atoms. The largest absolute Gasteiger partial charge is 1.00 e. The third-order valence-electron chi connectivity index (χ3n) is 11.1. The van der Waals surface area contributed by atoms with Gasteiger partial charge in [-0.2, -0.15) is 0 Å². The summed E-state index contributed by atoms with van der Waals surface area (Å²) in [6.07, 6.45) is 1.67. The van der Waals surface area contributed by atoms with Crippen LogP contribution in [0.15, 0.2) is 0 Å². The Balaban J connectivity index is 0.00000144. The third kappa shape index (κ3) is 5.47. The first-order valence-corrected chi connectivity index (χ1v) is 15.9. The van der Waals surface area contributed by atoms with E-state index in [9.17, 15) is 0 Å². The van der Waals surface area contributed by atoms with Gasteiger partial charge in [-0.1, -0.05) is 0 Å². The predicted molar refractivity (Wildman–Crippen MR) is 147 cm³/mol. The second kappa shape index (κ2) is 13.1. The van der Waals surface area contributed by atoms with Crippen LogP contribution in [0, 0.1) is 0 Å². The van der Waals surface area contributed by atoms with Crippen LogP contribution in [0.2, 0.25) is 0 Å². The van der Waals surface area contributed by atoms with Gasteiger partial charge in [-0.25, -0.2) is 21.3 Å². The fraction of sp³-hybridized carbons (Fsp3) is 1.00. The molecule has 0 amide bonds. The zero-order valence-electron chi connectivity index (χ0n) is 23.8. The zero-order chi connectivity index (χ0) is 26.2. The molecule has 16 unspecified atom stereocenters. The molecule has 0 aromatic rings. The van der Waals surface area contributed by atoms with E-state index in [4.69, 9.17) is 0 Å². The van der Waals surface area contributed by atoms with Crippen LogP contribution in [0.4, 0.5) is 0 Å². The molecule has 9 saturated heterocycles. The van der Waals surface area contributed by atoms with Crippen molar-refractivity contribution in [2.45, 2.75) is 97.7 Å². The van der Waals surface area contributed by atoms with Crippen molar-refractivity contribution >= 4 is 0 Å². The number of nitrogens with two attached hydrogens (primary N) is 2. The average Bonchev–Trinajstić information content (AvgIpc) is 3.73. The van der Waals surface area contributed by atoms with Gasteiger partial charge in [-0.15, -0.1) is 0 Å². The minimum atomic E-state index is 0. The van der Waals surface area contributed by atoms with Crippen LogP contribution in [-0.2, 0) is 0 Å². The standard InChI is InChI=1S/C24H48N16.2HI/c1-2-26-10-9(25-1)17-33-18(10)38-20-13-14(30-6-5-29-13)22(35-20)40-24-16-15(31-7-8-32-16)23(36-24)39-21-12-11(19(34-21)37-17)27-3-4-28-12;;/h9-40H,1-8H2;2*1H. The minimum absolute atomic E-state index is 0. The number of rotatable bonds is 0. The SMILES string of the molecule is C1CNC2C3NC(NC4[NH2+]C(NC5NC(NC6[NH2+]C(N3)C3NCCNC63)C3NCCNC53)C3NCCNC43)C2N1.[I-].[I-].